The SMILES string of the molecule is CC.O=C(O)c1ccc(F)c(C(F)(F)F)c1. The van der Waals surface area contributed by atoms with E-state index in [0.29, 0.717) is 6.07 Å². The van der Waals surface area contributed by atoms with Gasteiger partial charge in [0.15, 0.2) is 0 Å². The van der Waals surface area contributed by atoms with Gasteiger partial charge in [0.1, 0.15) is 5.82 Å². The van der Waals surface area contributed by atoms with Crippen molar-refractivity contribution < 1.29 is 27.5 Å². The van der Waals surface area contributed by atoms with Crippen LogP contribution in [0.5, 0.6) is 0 Å². The number of hydrogen-bond donors (Lipinski definition) is 1. The lowest BCUT2D eigenvalue weighted by atomic mass is 10.1. The molecule has 0 unspecified atom stereocenters. The van der Waals surface area contributed by atoms with Crippen LogP contribution in [-0.4, -0.2) is 11.1 Å². The Balaban J connectivity index is 0.00000106. The number of halogens is 4. The van der Waals surface area contributed by atoms with Crippen LogP contribution < -0.4 is 0 Å². The molecule has 0 aromatic heterocycles. The van der Waals surface area contributed by atoms with Crippen LogP contribution in [0.15, 0.2) is 18.2 Å². The van der Waals surface area contributed by atoms with E-state index in [1.54, 1.807) is 0 Å². The minimum atomic E-state index is -4.88. The Bertz CT molecular complexity index is 372. The van der Waals surface area contributed by atoms with E-state index in [1.807, 2.05) is 13.8 Å². The van der Waals surface area contributed by atoms with Crippen LogP contribution in [-0.2, 0) is 6.18 Å². The number of benzene rings is 1. The zero-order chi connectivity index (χ0) is 12.9. The fourth-order valence-electron chi connectivity index (χ4n) is 0.876. The molecule has 0 aliphatic rings. The lowest BCUT2D eigenvalue weighted by molar-refractivity contribution is -0.140. The molecule has 0 saturated heterocycles. The largest absolute Gasteiger partial charge is 0.478 e. The Kier molecular flexibility index (Phi) is 4.94. The van der Waals surface area contributed by atoms with Gasteiger partial charge in [-0.05, 0) is 18.2 Å². The van der Waals surface area contributed by atoms with Gasteiger partial charge in [0.25, 0.3) is 0 Å². The number of hydrogen-bond acceptors (Lipinski definition) is 1. The molecule has 0 heterocycles. The van der Waals surface area contributed by atoms with Crippen molar-refractivity contribution in [3.05, 3.63) is 35.1 Å². The number of carboxylic acids is 1. The van der Waals surface area contributed by atoms with Crippen molar-refractivity contribution in [2.45, 2.75) is 20.0 Å². The van der Waals surface area contributed by atoms with Crippen molar-refractivity contribution in [2.75, 3.05) is 0 Å². The molecular weight excluding hydrogens is 228 g/mol. The maximum absolute atomic E-state index is 12.6. The van der Waals surface area contributed by atoms with Crippen LogP contribution in [0.2, 0.25) is 0 Å². The second-order valence-electron chi connectivity index (χ2n) is 2.50. The predicted molar refractivity (Wildman–Crippen MR) is 49.7 cm³/mol. The first-order valence-corrected chi connectivity index (χ1v) is 4.42. The third-order valence-electron chi connectivity index (χ3n) is 1.52. The second-order valence-corrected chi connectivity index (χ2v) is 2.50. The zero-order valence-corrected chi connectivity index (χ0v) is 8.60. The molecule has 90 valence electrons. The number of carbonyl (C=O) groups is 1. The summed E-state index contributed by atoms with van der Waals surface area (Å²) in [5.41, 5.74) is -2.17. The van der Waals surface area contributed by atoms with Crippen molar-refractivity contribution in [1.82, 2.24) is 0 Å². The molecule has 1 aromatic carbocycles. The van der Waals surface area contributed by atoms with Crippen LogP contribution >= 0.6 is 0 Å². The normalized spacial score (nSPS) is 10.4. The van der Waals surface area contributed by atoms with Gasteiger partial charge in [-0.25, -0.2) is 9.18 Å². The average molecular weight is 238 g/mol. The van der Waals surface area contributed by atoms with E-state index in [1.165, 1.54) is 0 Å². The molecule has 1 rings (SSSR count). The molecular formula is C10H10F4O2. The molecule has 0 aliphatic heterocycles. The molecule has 1 aromatic rings. The van der Waals surface area contributed by atoms with Gasteiger partial charge in [-0.2, -0.15) is 13.2 Å². The monoisotopic (exact) mass is 238 g/mol. The molecule has 0 saturated carbocycles. The van der Waals surface area contributed by atoms with Gasteiger partial charge in [-0.15, -0.1) is 0 Å². The Labute approximate surface area is 89.5 Å². The van der Waals surface area contributed by atoms with Crippen LogP contribution in [0.4, 0.5) is 17.6 Å². The summed E-state index contributed by atoms with van der Waals surface area (Å²) >= 11 is 0. The third-order valence-corrected chi connectivity index (χ3v) is 1.52. The van der Waals surface area contributed by atoms with Crippen molar-refractivity contribution in [2.24, 2.45) is 0 Å². The predicted octanol–water partition coefficient (Wildman–Crippen LogP) is 3.57. The topological polar surface area (TPSA) is 37.3 Å². The summed E-state index contributed by atoms with van der Waals surface area (Å²) in [7, 11) is 0. The van der Waals surface area contributed by atoms with Crippen molar-refractivity contribution >= 4 is 5.97 Å². The average Bonchev–Trinajstić information content (AvgIpc) is 2.19. The van der Waals surface area contributed by atoms with E-state index in [9.17, 15) is 22.4 Å². The summed E-state index contributed by atoms with van der Waals surface area (Å²) in [4.78, 5) is 10.3. The van der Waals surface area contributed by atoms with Crippen molar-refractivity contribution in [3.8, 4) is 0 Å². The summed E-state index contributed by atoms with van der Waals surface area (Å²) in [5.74, 6) is -3.02. The smallest absolute Gasteiger partial charge is 0.419 e. The number of rotatable bonds is 1. The van der Waals surface area contributed by atoms with Gasteiger partial charge in [0.2, 0.25) is 0 Å². The first-order chi connectivity index (χ1) is 7.32. The maximum atomic E-state index is 12.6. The van der Waals surface area contributed by atoms with E-state index in [0.717, 1.165) is 6.07 Å². The van der Waals surface area contributed by atoms with Crippen LogP contribution in [0, 0.1) is 5.82 Å². The Morgan fingerprint density at radius 3 is 2.12 bits per heavy atom. The van der Waals surface area contributed by atoms with Crippen LogP contribution in [0.3, 0.4) is 0 Å². The summed E-state index contributed by atoms with van der Waals surface area (Å²) in [6.07, 6.45) is -4.88. The molecule has 2 nitrogen and oxygen atoms in total. The summed E-state index contributed by atoms with van der Waals surface area (Å²) in [6.45, 7) is 4.00. The molecule has 6 heteroatoms. The van der Waals surface area contributed by atoms with E-state index < -0.39 is 29.1 Å². The van der Waals surface area contributed by atoms with Crippen molar-refractivity contribution in [1.29, 1.82) is 0 Å². The Hall–Kier alpha value is -1.59. The van der Waals surface area contributed by atoms with E-state index in [2.05, 4.69) is 0 Å². The highest BCUT2D eigenvalue weighted by Crippen LogP contribution is 2.31. The summed E-state index contributed by atoms with van der Waals surface area (Å²) < 4.78 is 48.8. The molecule has 0 spiro atoms. The molecule has 0 atom stereocenters. The Morgan fingerprint density at radius 1 is 1.25 bits per heavy atom. The third kappa shape index (κ3) is 3.52. The van der Waals surface area contributed by atoms with E-state index in [-0.39, 0.29) is 6.07 Å². The standard InChI is InChI=1S/C8H4F4O2.C2H6/c9-6-2-1-4(7(13)14)3-5(6)8(10,11)12;1-2/h1-3H,(H,13,14);1-2H3. The summed E-state index contributed by atoms with van der Waals surface area (Å²) in [5, 5.41) is 8.38. The highest BCUT2D eigenvalue weighted by molar-refractivity contribution is 5.87. The fraction of sp³-hybridized carbons (Fsp3) is 0.300. The van der Waals surface area contributed by atoms with E-state index in [4.69, 9.17) is 5.11 Å². The molecule has 1 N–H and O–H groups in total. The minimum absolute atomic E-state index is 0.262. The van der Waals surface area contributed by atoms with Gasteiger partial charge in [0.05, 0.1) is 11.1 Å². The quantitative estimate of drug-likeness (QED) is 0.759. The van der Waals surface area contributed by atoms with Crippen LogP contribution in [0.1, 0.15) is 29.8 Å². The maximum Gasteiger partial charge on any atom is 0.419 e. The van der Waals surface area contributed by atoms with Gasteiger partial charge < -0.3 is 5.11 Å². The number of aromatic carboxylic acids is 1. The highest BCUT2D eigenvalue weighted by Gasteiger charge is 2.34. The highest BCUT2D eigenvalue weighted by atomic mass is 19.4. The zero-order valence-electron chi connectivity index (χ0n) is 8.60. The van der Waals surface area contributed by atoms with Crippen LogP contribution in [0.25, 0.3) is 0 Å². The molecule has 0 bridgehead atoms. The lowest BCUT2D eigenvalue weighted by Gasteiger charge is -2.07. The molecule has 0 aliphatic carbocycles. The molecule has 0 radical (unpaired) electrons. The molecule has 0 amide bonds. The number of carboxylic acid groups (broad SMARTS) is 1. The fourth-order valence-corrected chi connectivity index (χ4v) is 0.876. The van der Waals surface area contributed by atoms with Gasteiger partial charge >= 0.3 is 12.1 Å². The lowest BCUT2D eigenvalue weighted by Crippen LogP contribution is -2.10. The van der Waals surface area contributed by atoms with Gasteiger partial charge in [-0.3, -0.25) is 0 Å². The minimum Gasteiger partial charge on any atom is -0.478 e. The Morgan fingerprint density at radius 2 is 1.75 bits per heavy atom. The van der Waals surface area contributed by atoms with E-state index >= 15 is 0 Å². The molecule has 16 heavy (non-hydrogen) atoms. The number of alkyl halides is 3. The van der Waals surface area contributed by atoms with Gasteiger partial charge in [0, 0.05) is 0 Å². The molecule has 0 fully saturated rings. The van der Waals surface area contributed by atoms with Gasteiger partial charge in [-0.1, -0.05) is 13.8 Å². The first kappa shape index (κ1) is 14.4. The van der Waals surface area contributed by atoms with Crippen molar-refractivity contribution in [3.63, 3.8) is 0 Å². The second kappa shape index (κ2) is 5.48. The first-order valence-electron chi connectivity index (χ1n) is 4.42. The summed E-state index contributed by atoms with van der Waals surface area (Å²) in [6, 6.07) is 1.51.